The van der Waals surface area contributed by atoms with Gasteiger partial charge in [0, 0.05) is 36.6 Å². The minimum absolute atomic E-state index is 0.219. The highest BCUT2D eigenvalue weighted by Gasteiger charge is 2.27. The van der Waals surface area contributed by atoms with E-state index in [-0.39, 0.29) is 5.82 Å². The van der Waals surface area contributed by atoms with Crippen molar-refractivity contribution in [3.63, 3.8) is 0 Å². The standard InChI is InChI=1S/C19H25FN4O/c1-13-10-16-18(11-17(13)20)21-12-22-19(16)23-14-2-4-15(5-3-14)24-6-8-25-9-7-24/h10-12,14-15H,2-9H2,1H3,(H,21,22,23)/t14-,15-. The van der Waals surface area contributed by atoms with Gasteiger partial charge in [0.05, 0.1) is 18.7 Å². The van der Waals surface area contributed by atoms with Crippen molar-refractivity contribution in [3.8, 4) is 0 Å². The molecule has 25 heavy (non-hydrogen) atoms. The monoisotopic (exact) mass is 344 g/mol. The molecule has 1 aromatic heterocycles. The average molecular weight is 344 g/mol. The Balaban J connectivity index is 1.43. The van der Waals surface area contributed by atoms with Crippen molar-refractivity contribution in [2.24, 2.45) is 0 Å². The molecule has 1 aliphatic carbocycles. The summed E-state index contributed by atoms with van der Waals surface area (Å²) in [6.07, 6.45) is 6.18. The molecule has 0 bridgehead atoms. The number of anilines is 1. The first-order chi connectivity index (χ1) is 12.2. The van der Waals surface area contributed by atoms with E-state index < -0.39 is 0 Å². The van der Waals surface area contributed by atoms with Gasteiger partial charge in [0.1, 0.15) is 18.0 Å². The topological polar surface area (TPSA) is 50.3 Å². The first-order valence-corrected chi connectivity index (χ1v) is 9.20. The van der Waals surface area contributed by atoms with Crippen LogP contribution in [0.5, 0.6) is 0 Å². The lowest BCUT2D eigenvalue weighted by Gasteiger charge is -2.39. The largest absolute Gasteiger partial charge is 0.379 e. The first kappa shape index (κ1) is 16.7. The van der Waals surface area contributed by atoms with E-state index in [0.717, 1.165) is 50.3 Å². The Bertz CT molecular complexity index is 740. The molecule has 0 spiro atoms. The number of fused-ring (bicyclic) bond motifs is 1. The normalized spacial score (nSPS) is 25.2. The van der Waals surface area contributed by atoms with Crippen LogP contribution in [-0.4, -0.2) is 53.3 Å². The molecule has 4 rings (SSSR count). The number of rotatable bonds is 3. The fourth-order valence-corrected chi connectivity index (χ4v) is 4.02. The fourth-order valence-electron chi connectivity index (χ4n) is 4.02. The zero-order valence-electron chi connectivity index (χ0n) is 14.7. The van der Waals surface area contributed by atoms with Crippen molar-refractivity contribution in [2.45, 2.75) is 44.7 Å². The quantitative estimate of drug-likeness (QED) is 0.927. The van der Waals surface area contributed by atoms with Gasteiger partial charge in [-0.1, -0.05) is 0 Å². The molecule has 134 valence electrons. The summed E-state index contributed by atoms with van der Waals surface area (Å²) in [7, 11) is 0. The summed E-state index contributed by atoms with van der Waals surface area (Å²) in [5, 5.41) is 4.48. The van der Waals surface area contributed by atoms with Crippen molar-refractivity contribution in [3.05, 3.63) is 29.8 Å². The third-order valence-corrected chi connectivity index (χ3v) is 5.52. The van der Waals surface area contributed by atoms with E-state index in [1.54, 1.807) is 6.92 Å². The highest BCUT2D eigenvalue weighted by atomic mass is 19.1. The lowest BCUT2D eigenvalue weighted by atomic mass is 9.90. The van der Waals surface area contributed by atoms with Gasteiger partial charge in [-0.2, -0.15) is 0 Å². The second kappa shape index (κ2) is 7.22. The summed E-state index contributed by atoms with van der Waals surface area (Å²) in [6.45, 7) is 5.62. The molecule has 2 fully saturated rings. The maximum Gasteiger partial charge on any atom is 0.137 e. The lowest BCUT2D eigenvalue weighted by molar-refractivity contribution is 0.00791. The predicted molar refractivity (Wildman–Crippen MR) is 96.3 cm³/mol. The molecule has 0 radical (unpaired) electrons. The molecular weight excluding hydrogens is 319 g/mol. The van der Waals surface area contributed by atoms with Crippen molar-refractivity contribution in [1.82, 2.24) is 14.9 Å². The highest BCUT2D eigenvalue weighted by Crippen LogP contribution is 2.28. The Morgan fingerprint density at radius 2 is 1.88 bits per heavy atom. The van der Waals surface area contributed by atoms with E-state index in [1.165, 1.54) is 25.2 Å². The van der Waals surface area contributed by atoms with Gasteiger partial charge in [-0.3, -0.25) is 4.90 Å². The molecule has 2 aliphatic rings. The Morgan fingerprint density at radius 1 is 1.12 bits per heavy atom. The van der Waals surface area contributed by atoms with Gasteiger partial charge in [-0.15, -0.1) is 0 Å². The van der Waals surface area contributed by atoms with E-state index in [1.807, 2.05) is 6.07 Å². The minimum Gasteiger partial charge on any atom is -0.379 e. The molecular formula is C19H25FN4O. The third-order valence-electron chi connectivity index (χ3n) is 5.52. The molecule has 0 amide bonds. The van der Waals surface area contributed by atoms with E-state index in [9.17, 15) is 4.39 Å². The summed E-state index contributed by atoms with van der Waals surface area (Å²) >= 11 is 0. The Labute approximate surface area is 147 Å². The van der Waals surface area contributed by atoms with Crippen molar-refractivity contribution in [1.29, 1.82) is 0 Å². The van der Waals surface area contributed by atoms with Gasteiger partial charge in [0.25, 0.3) is 0 Å². The van der Waals surface area contributed by atoms with Gasteiger partial charge in [-0.25, -0.2) is 14.4 Å². The number of nitrogens with one attached hydrogen (secondary N) is 1. The number of nitrogens with zero attached hydrogens (tertiary/aromatic N) is 3. The summed E-state index contributed by atoms with van der Waals surface area (Å²) in [6, 6.07) is 4.43. The second-order valence-electron chi connectivity index (χ2n) is 7.14. The molecule has 2 heterocycles. The van der Waals surface area contributed by atoms with E-state index in [4.69, 9.17) is 4.74 Å². The van der Waals surface area contributed by atoms with Gasteiger partial charge in [0.15, 0.2) is 0 Å². The maximum atomic E-state index is 13.8. The van der Waals surface area contributed by atoms with Crippen LogP contribution in [0.3, 0.4) is 0 Å². The van der Waals surface area contributed by atoms with Gasteiger partial charge < -0.3 is 10.1 Å². The van der Waals surface area contributed by atoms with E-state index in [2.05, 4.69) is 20.2 Å². The fraction of sp³-hybridized carbons (Fsp3) is 0.579. The molecule has 1 N–H and O–H groups in total. The number of aryl methyl sites for hydroxylation is 1. The second-order valence-corrected chi connectivity index (χ2v) is 7.14. The first-order valence-electron chi connectivity index (χ1n) is 9.20. The van der Waals surface area contributed by atoms with Crippen LogP contribution in [0.1, 0.15) is 31.2 Å². The zero-order chi connectivity index (χ0) is 17.2. The molecule has 6 heteroatoms. The number of ether oxygens (including phenoxy) is 1. The summed E-state index contributed by atoms with van der Waals surface area (Å²) in [5.74, 6) is 0.603. The third kappa shape index (κ3) is 3.60. The van der Waals surface area contributed by atoms with Crippen LogP contribution >= 0.6 is 0 Å². The van der Waals surface area contributed by atoms with Crippen LogP contribution < -0.4 is 5.32 Å². The molecule has 1 aromatic carbocycles. The van der Waals surface area contributed by atoms with Crippen molar-refractivity contribution in [2.75, 3.05) is 31.6 Å². The Hall–Kier alpha value is -1.79. The Kier molecular flexibility index (Phi) is 4.81. The maximum absolute atomic E-state index is 13.8. The van der Waals surface area contributed by atoms with Gasteiger partial charge >= 0.3 is 0 Å². The van der Waals surface area contributed by atoms with Gasteiger partial charge in [-0.05, 0) is 44.2 Å². The molecule has 1 saturated carbocycles. The molecule has 0 atom stereocenters. The number of halogens is 1. The predicted octanol–water partition coefficient (Wildman–Crippen LogP) is 3.13. The smallest absolute Gasteiger partial charge is 0.137 e. The molecule has 0 unspecified atom stereocenters. The van der Waals surface area contributed by atoms with Crippen molar-refractivity contribution < 1.29 is 9.13 Å². The van der Waals surface area contributed by atoms with Crippen LogP contribution in [0, 0.1) is 12.7 Å². The van der Waals surface area contributed by atoms with Crippen LogP contribution in [-0.2, 0) is 4.74 Å². The summed E-state index contributed by atoms with van der Waals surface area (Å²) < 4.78 is 19.2. The SMILES string of the molecule is Cc1cc2c(N[C@H]3CC[C@H](N4CCOCC4)CC3)ncnc2cc1F. The van der Waals surface area contributed by atoms with Crippen LogP contribution in [0.25, 0.3) is 10.9 Å². The van der Waals surface area contributed by atoms with Crippen LogP contribution in [0.2, 0.25) is 0 Å². The van der Waals surface area contributed by atoms with Crippen LogP contribution in [0.4, 0.5) is 10.2 Å². The molecule has 1 saturated heterocycles. The number of hydrogen-bond acceptors (Lipinski definition) is 5. The Morgan fingerprint density at radius 3 is 2.64 bits per heavy atom. The number of morpholine rings is 1. The molecule has 5 nitrogen and oxygen atoms in total. The van der Waals surface area contributed by atoms with Crippen LogP contribution in [0.15, 0.2) is 18.5 Å². The summed E-state index contributed by atoms with van der Waals surface area (Å²) in [4.78, 5) is 11.2. The average Bonchev–Trinajstić information content (AvgIpc) is 2.65. The number of benzene rings is 1. The van der Waals surface area contributed by atoms with E-state index >= 15 is 0 Å². The summed E-state index contributed by atoms with van der Waals surface area (Å²) in [5.41, 5.74) is 1.28. The zero-order valence-corrected chi connectivity index (χ0v) is 14.7. The minimum atomic E-state index is -0.219. The van der Waals surface area contributed by atoms with Gasteiger partial charge in [0.2, 0.25) is 0 Å². The van der Waals surface area contributed by atoms with E-state index in [0.29, 0.717) is 23.2 Å². The van der Waals surface area contributed by atoms with Crippen molar-refractivity contribution >= 4 is 16.7 Å². The molecule has 1 aliphatic heterocycles. The molecule has 2 aromatic rings. The number of aromatic nitrogens is 2. The lowest BCUT2D eigenvalue weighted by Crippen LogP contribution is -2.46. The highest BCUT2D eigenvalue weighted by molar-refractivity contribution is 5.89. The number of hydrogen-bond donors (Lipinski definition) is 1.